The zero-order chi connectivity index (χ0) is 21.5. The number of carbonyl (C=O) groups is 2. The van der Waals surface area contributed by atoms with Gasteiger partial charge >= 0.3 is 0 Å². The summed E-state index contributed by atoms with van der Waals surface area (Å²) in [5.41, 5.74) is 1.47. The molecule has 3 heterocycles. The van der Waals surface area contributed by atoms with E-state index in [1.54, 1.807) is 35.1 Å². The summed E-state index contributed by atoms with van der Waals surface area (Å²) in [5.74, 6) is -0.153. The van der Waals surface area contributed by atoms with Gasteiger partial charge in [-0.05, 0) is 48.8 Å². The molecule has 0 saturated heterocycles. The lowest BCUT2D eigenvalue weighted by Crippen LogP contribution is -2.60. The number of hydrogen-bond donors (Lipinski definition) is 2. The van der Waals surface area contributed by atoms with Gasteiger partial charge in [0.2, 0.25) is 5.91 Å². The third-order valence-corrected chi connectivity index (χ3v) is 7.96. The van der Waals surface area contributed by atoms with E-state index in [4.69, 9.17) is 0 Å². The van der Waals surface area contributed by atoms with Gasteiger partial charge in [-0.15, -0.1) is 0 Å². The number of amides is 2. The Morgan fingerprint density at radius 3 is 2.80 bits per heavy atom. The first kappa shape index (κ1) is 20.6. The summed E-state index contributed by atoms with van der Waals surface area (Å²) in [5, 5.41) is 11.3. The van der Waals surface area contributed by atoms with Crippen molar-refractivity contribution in [3.8, 4) is 0 Å². The number of hydrogen-bond acceptors (Lipinski definition) is 5. The van der Waals surface area contributed by atoms with E-state index in [1.165, 1.54) is 0 Å². The molecule has 2 aromatic heterocycles. The molecular weight excluding hydrogens is 404 g/mol. The van der Waals surface area contributed by atoms with Crippen molar-refractivity contribution in [1.29, 1.82) is 0 Å². The highest BCUT2D eigenvalue weighted by atomic mass is 32.2. The van der Waals surface area contributed by atoms with E-state index in [0.29, 0.717) is 30.5 Å². The second-order valence-electron chi connectivity index (χ2n) is 8.69. The van der Waals surface area contributed by atoms with Gasteiger partial charge in [-0.2, -0.15) is 5.10 Å². The first-order valence-corrected chi connectivity index (χ1v) is 11.8. The lowest BCUT2D eigenvalue weighted by Gasteiger charge is -2.52. The summed E-state index contributed by atoms with van der Waals surface area (Å²) in [7, 11) is -3.27. The maximum absolute atomic E-state index is 12.8. The summed E-state index contributed by atoms with van der Waals surface area (Å²) in [6, 6.07) is 5.37. The number of fused-ring (bicyclic) bond motifs is 1. The van der Waals surface area contributed by atoms with Gasteiger partial charge in [-0.3, -0.25) is 9.59 Å². The van der Waals surface area contributed by atoms with E-state index in [2.05, 4.69) is 29.6 Å². The van der Waals surface area contributed by atoms with Crippen molar-refractivity contribution in [1.82, 2.24) is 20.2 Å². The molecule has 2 aromatic rings. The molecule has 4 rings (SSSR count). The maximum atomic E-state index is 12.8. The molecular formula is C21H26N4O4S. The molecule has 0 bridgehead atoms. The third-order valence-electron chi connectivity index (χ3n) is 6.45. The van der Waals surface area contributed by atoms with Gasteiger partial charge < -0.3 is 10.6 Å². The van der Waals surface area contributed by atoms with E-state index in [-0.39, 0.29) is 34.9 Å². The van der Waals surface area contributed by atoms with Crippen LogP contribution >= 0.6 is 0 Å². The Balaban J connectivity index is 1.35. The van der Waals surface area contributed by atoms with E-state index in [0.717, 1.165) is 17.3 Å². The Hall–Kier alpha value is -2.68. The van der Waals surface area contributed by atoms with Gasteiger partial charge in [0.1, 0.15) is 0 Å². The lowest BCUT2D eigenvalue weighted by molar-refractivity contribution is -0.118. The minimum atomic E-state index is -3.27. The van der Waals surface area contributed by atoms with Crippen molar-refractivity contribution in [3.63, 3.8) is 0 Å². The van der Waals surface area contributed by atoms with Crippen LogP contribution in [0.25, 0.3) is 5.52 Å². The van der Waals surface area contributed by atoms with Crippen molar-refractivity contribution >= 4 is 27.2 Å². The molecule has 0 radical (unpaired) electrons. The molecule has 0 spiro atoms. The lowest BCUT2D eigenvalue weighted by atomic mass is 9.58. The van der Waals surface area contributed by atoms with E-state index < -0.39 is 9.84 Å². The van der Waals surface area contributed by atoms with Gasteiger partial charge in [0, 0.05) is 29.8 Å². The summed E-state index contributed by atoms with van der Waals surface area (Å²) in [6.45, 7) is 4.60. The fraction of sp³-hybridized carbons (Fsp3) is 0.476. The first-order valence-electron chi connectivity index (χ1n) is 10.1. The number of sulfone groups is 1. The maximum Gasteiger partial charge on any atom is 0.253 e. The molecule has 0 aromatic carbocycles. The third kappa shape index (κ3) is 3.86. The molecule has 1 saturated carbocycles. The van der Waals surface area contributed by atoms with Crippen molar-refractivity contribution in [2.75, 3.05) is 12.3 Å². The van der Waals surface area contributed by atoms with Crippen LogP contribution in [0.4, 0.5) is 0 Å². The van der Waals surface area contributed by atoms with Crippen LogP contribution in [0.5, 0.6) is 0 Å². The number of nitrogens with zero attached hydrogens (tertiary/aromatic N) is 2. The minimum absolute atomic E-state index is 0.00986. The van der Waals surface area contributed by atoms with E-state index >= 15 is 0 Å². The van der Waals surface area contributed by atoms with E-state index in [9.17, 15) is 18.0 Å². The smallest absolute Gasteiger partial charge is 0.253 e. The topological polar surface area (TPSA) is 110 Å². The average molecular weight is 431 g/mol. The first-order chi connectivity index (χ1) is 14.2. The number of nitrogens with one attached hydrogen (secondary N) is 2. The molecule has 160 valence electrons. The summed E-state index contributed by atoms with van der Waals surface area (Å²) in [6.07, 6.45) is 5.17. The molecule has 2 aliphatic rings. The fourth-order valence-corrected chi connectivity index (χ4v) is 5.61. The molecule has 1 aliphatic heterocycles. The molecule has 1 fully saturated rings. The van der Waals surface area contributed by atoms with Crippen LogP contribution in [0.1, 0.15) is 43.5 Å². The highest BCUT2D eigenvalue weighted by molar-refractivity contribution is 7.94. The molecule has 2 N–H and O–H groups in total. The summed E-state index contributed by atoms with van der Waals surface area (Å²) >= 11 is 0. The zero-order valence-electron chi connectivity index (χ0n) is 17.1. The molecule has 30 heavy (non-hydrogen) atoms. The molecule has 2 amide bonds. The number of pyridine rings is 1. The average Bonchev–Trinajstić information content (AvgIpc) is 3.17. The number of rotatable bonds is 5. The Morgan fingerprint density at radius 2 is 2.07 bits per heavy atom. The van der Waals surface area contributed by atoms with Crippen LogP contribution in [0.3, 0.4) is 0 Å². The van der Waals surface area contributed by atoms with Crippen LogP contribution in [0, 0.1) is 11.3 Å². The molecule has 1 aliphatic carbocycles. The predicted octanol–water partition coefficient (Wildman–Crippen LogP) is 1.69. The predicted molar refractivity (Wildman–Crippen MR) is 112 cm³/mol. The van der Waals surface area contributed by atoms with Crippen molar-refractivity contribution in [2.24, 2.45) is 11.3 Å². The standard InChI is InChI=1S/C21H26N4O4S/c1-21(2)15(12-22-19(26)14-5-4-10-30(28,29)13-14)11-18(21)24-20(27)16-6-3-9-25-17(16)7-8-23-25/h3,6-9,13,15,18H,4-5,10-12H2,1-2H3,(H,22,26)(H,24,27). The SMILES string of the molecule is CC1(C)C(CNC(=O)C2=CS(=O)(=O)CCC2)CC1NC(=O)c1cccn2nccc12. The molecule has 9 heteroatoms. The van der Waals surface area contributed by atoms with Gasteiger partial charge in [-0.1, -0.05) is 13.8 Å². The quantitative estimate of drug-likeness (QED) is 0.750. The monoisotopic (exact) mass is 430 g/mol. The van der Waals surface area contributed by atoms with Gasteiger partial charge in [0.25, 0.3) is 5.91 Å². The number of aromatic nitrogens is 2. The highest BCUT2D eigenvalue weighted by Gasteiger charge is 2.48. The Labute approximate surface area is 175 Å². The van der Waals surface area contributed by atoms with Crippen LogP contribution in [0.15, 0.2) is 41.6 Å². The summed E-state index contributed by atoms with van der Waals surface area (Å²) in [4.78, 5) is 25.2. The zero-order valence-corrected chi connectivity index (χ0v) is 17.9. The van der Waals surface area contributed by atoms with Crippen LogP contribution in [-0.2, 0) is 14.6 Å². The second kappa shape index (κ2) is 7.54. The minimum Gasteiger partial charge on any atom is -0.352 e. The van der Waals surface area contributed by atoms with Crippen LogP contribution < -0.4 is 10.6 Å². The fourth-order valence-electron chi connectivity index (χ4n) is 4.28. The van der Waals surface area contributed by atoms with Crippen LogP contribution in [0.2, 0.25) is 0 Å². The van der Waals surface area contributed by atoms with Crippen molar-refractivity contribution in [2.45, 2.75) is 39.2 Å². The highest BCUT2D eigenvalue weighted by Crippen LogP contribution is 2.46. The number of carbonyl (C=O) groups excluding carboxylic acids is 2. The van der Waals surface area contributed by atoms with Gasteiger partial charge in [0.15, 0.2) is 9.84 Å². The van der Waals surface area contributed by atoms with Gasteiger partial charge in [-0.25, -0.2) is 12.9 Å². The molecule has 2 atom stereocenters. The molecule has 2 unspecified atom stereocenters. The van der Waals surface area contributed by atoms with Crippen LogP contribution in [-0.4, -0.2) is 48.2 Å². The second-order valence-corrected chi connectivity index (χ2v) is 10.7. The van der Waals surface area contributed by atoms with E-state index in [1.807, 2.05) is 0 Å². The molecule has 8 nitrogen and oxygen atoms in total. The van der Waals surface area contributed by atoms with Crippen molar-refractivity contribution in [3.05, 3.63) is 47.1 Å². The van der Waals surface area contributed by atoms with Crippen molar-refractivity contribution < 1.29 is 18.0 Å². The van der Waals surface area contributed by atoms with Gasteiger partial charge in [0.05, 0.1) is 23.0 Å². The largest absolute Gasteiger partial charge is 0.352 e. The Morgan fingerprint density at radius 1 is 1.27 bits per heavy atom. The Kier molecular flexibility index (Phi) is 5.17. The normalized spacial score (nSPS) is 24.5. The Bertz CT molecular complexity index is 1130. The summed E-state index contributed by atoms with van der Waals surface area (Å²) < 4.78 is 25.1.